The Balaban J connectivity index is 1.53. The number of hydrogen-bond acceptors (Lipinski definition) is 4. The molecule has 0 bridgehead atoms. The van der Waals surface area contributed by atoms with E-state index in [0.717, 1.165) is 35.9 Å². The van der Waals surface area contributed by atoms with Gasteiger partial charge in [-0.3, -0.25) is 4.79 Å². The summed E-state index contributed by atoms with van der Waals surface area (Å²) in [7, 11) is 0. The van der Waals surface area contributed by atoms with Crippen molar-refractivity contribution >= 4 is 29.0 Å². The lowest BCUT2D eigenvalue weighted by atomic mass is 10.2. The second-order valence-corrected chi connectivity index (χ2v) is 6.47. The van der Waals surface area contributed by atoms with Crippen molar-refractivity contribution in [2.24, 2.45) is 0 Å². The predicted molar refractivity (Wildman–Crippen MR) is 90.9 cm³/mol. The summed E-state index contributed by atoms with van der Waals surface area (Å²) in [5.41, 5.74) is 1.96. The number of carbonyl (C=O) groups excluding carboxylic acids is 1. The molecule has 1 aliphatic heterocycles. The van der Waals surface area contributed by atoms with E-state index < -0.39 is 0 Å². The first kappa shape index (κ1) is 14.8. The zero-order valence-electron chi connectivity index (χ0n) is 12.5. The fraction of sp³-hybridized carbons (Fsp3) is 0.294. The Kier molecular flexibility index (Phi) is 4.53. The van der Waals surface area contributed by atoms with E-state index in [0.29, 0.717) is 6.04 Å². The minimum Gasteiger partial charge on any atom is -0.380 e. The van der Waals surface area contributed by atoms with Crippen LogP contribution in [0.2, 0.25) is 0 Å². The van der Waals surface area contributed by atoms with Gasteiger partial charge in [-0.2, -0.15) is 0 Å². The van der Waals surface area contributed by atoms with E-state index in [2.05, 4.69) is 22.4 Å². The van der Waals surface area contributed by atoms with Crippen molar-refractivity contribution in [1.82, 2.24) is 9.88 Å². The topological polar surface area (TPSA) is 45.2 Å². The lowest BCUT2D eigenvalue weighted by molar-refractivity contribution is -0.124. The van der Waals surface area contributed by atoms with Crippen LogP contribution in [-0.2, 0) is 4.79 Å². The Bertz CT molecular complexity index is 666. The van der Waals surface area contributed by atoms with Crippen LogP contribution in [0.5, 0.6) is 0 Å². The van der Waals surface area contributed by atoms with Crippen LogP contribution < -0.4 is 5.32 Å². The number of likely N-dealkylation sites (tertiary alicyclic amines) is 1. The zero-order chi connectivity index (χ0) is 15.4. The highest BCUT2D eigenvalue weighted by Gasteiger charge is 2.24. The Morgan fingerprint density at radius 2 is 2.23 bits per heavy atom. The second kappa shape index (κ2) is 6.75. The maximum Gasteiger partial charge on any atom is 0.246 e. The summed E-state index contributed by atoms with van der Waals surface area (Å²) in [6, 6.07) is 10.4. The predicted octanol–water partition coefficient (Wildman–Crippen LogP) is 3.18. The first-order valence-electron chi connectivity index (χ1n) is 7.41. The molecule has 0 aliphatic carbocycles. The van der Waals surface area contributed by atoms with Gasteiger partial charge in [0.2, 0.25) is 5.91 Å². The van der Waals surface area contributed by atoms with E-state index in [1.54, 1.807) is 23.5 Å². The summed E-state index contributed by atoms with van der Waals surface area (Å²) in [4.78, 5) is 18.4. The third-order valence-electron chi connectivity index (χ3n) is 3.68. The van der Waals surface area contributed by atoms with Crippen LogP contribution in [0.1, 0.15) is 17.1 Å². The molecule has 1 N–H and O–H groups in total. The quantitative estimate of drug-likeness (QED) is 0.882. The van der Waals surface area contributed by atoms with Gasteiger partial charge in [-0.25, -0.2) is 4.98 Å². The van der Waals surface area contributed by atoms with E-state index in [9.17, 15) is 4.79 Å². The SMILES string of the molecule is Cc1nc(/C=C/C(=O)N2CC[C@@H](Nc3ccccc3)C2)cs1. The van der Waals surface area contributed by atoms with E-state index in [-0.39, 0.29) is 5.91 Å². The number of nitrogens with one attached hydrogen (secondary N) is 1. The fourth-order valence-electron chi connectivity index (χ4n) is 2.57. The number of aromatic nitrogens is 1. The second-order valence-electron chi connectivity index (χ2n) is 5.40. The standard InChI is InChI=1S/C17H19N3OS/c1-13-18-16(12-22-13)7-8-17(21)20-10-9-15(11-20)19-14-5-3-2-4-6-14/h2-8,12,15,19H,9-11H2,1H3/b8-7+/t15-/m1/s1. The lowest BCUT2D eigenvalue weighted by Crippen LogP contribution is -2.30. The number of rotatable bonds is 4. The average molecular weight is 313 g/mol. The van der Waals surface area contributed by atoms with Gasteiger partial charge < -0.3 is 10.2 Å². The maximum atomic E-state index is 12.2. The van der Waals surface area contributed by atoms with Gasteiger partial charge in [-0.05, 0) is 31.6 Å². The first-order valence-corrected chi connectivity index (χ1v) is 8.29. The van der Waals surface area contributed by atoms with E-state index in [4.69, 9.17) is 0 Å². The third-order valence-corrected chi connectivity index (χ3v) is 4.47. The van der Waals surface area contributed by atoms with Gasteiger partial charge in [-0.1, -0.05) is 18.2 Å². The molecule has 22 heavy (non-hydrogen) atoms. The highest BCUT2D eigenvalue weighted by atomic mass is 32.1. The largest absolute Gasteiger partial charge is 0.380 e. The number of para-hydroxylation sites is 1. The molecule has 1 atom stereocenters. The number of amides is 1. The van der Waals surface area contributed by atoms with E-state index in [1.807, 2.05) is 35.4 Å². The number of carbonyl (C=O) groups is 1. The van der Waals surface area contributed by atoms with Gasteiger partial charge in [0.15, 0.2) is 0 Å². The van der Waals surface area contributed by atoms with Gasteiger partial charge in [-0.15, -0.1) is 11.3 Å². The van der Waals surface area contributed by atoms with Gasteiger partial charge in [0.05, 0.1) is 10.7 Å². The van der Waals surface area contributed by atoms with Crippen molar-refractivity contribution in [3.63, 3.8) is 0 Å². The monoisotopic (exact) mass is 313 g/mol. The molecule has 3 rings (SSSR count). The molecule has 114 valence electrons. The number of hydrogen-bond donors (Lipinski definition) is 1. The van der Waals surface area contributed by atoms with Crippen molar-refractivity contribution in [2.45, 2.75) is 19.4 Å². The molecule has 5 heteroatoms. The first-order chi connectivity index (χ1) is 10.7. The van der Waals surface area contributed by atoms with Crippen LogP contribution in [-0.4, -0.2) is 34.9 Å². The maximum absolute atomic E-state index is 12.2. The van der Waals surface area contributed by atoms with E-state index >= 15 is 0 Å². The molecule has 1 aromatic heterocycles. The molecule has 2 aromatic rings. The van der Waals surface area contributed by atoms with Crippen molar-refractivity contribution in [1.29, 1.82) is 0 Å². The van der Waals surface area contributed by atoms with Crippen LogP contribution in [0.15, 0.2) is 41.8 Å². The van der Waals surface area contributed by atoms with E-state index in [1.165, 1.54) is 0 Å². The highest BCUT2D eigenvalue weighted by Crippen LogP contribution is 2.16. The summed E-state index contributed by atoms with van der Waals surface area (Å²) < 4.78 is 0. The van der Waals surface area contributed by atoms with Crippen molar-refractivity contribution in [2.75, 3.05) is 18.4 Å². The summed E-state index contributed by atoms with van der Waals surface area (Å²) in [6.45, 7) is 3.50. The van der Waals surface area contributed by atoms with Crippen LogP contribution in [0.4, 0.5) is 5.69 Å². The van der Waals surface area contributed by atoms with Crippen molar-refractivity contribution in [3.05, 3.63) is 52.5 Å². The van der Waals surface area contributed by atoms with Crippen LogP contribution in [0, 0.1) is 6.92 Å². The summed E-state index contributed by atoms with van der Waals surface area (Å²) >= 11 is 1.59. The summed E-state index contributed by atoms with van der Waals surface area (Å²) in [6.07, 6.45) is 4.40. The third kappa shape index (κ3) is 3.74. The molecule has 0 spiro atoms. The van der Waals surface area contributed by atoms with Crippen molar-refractivity contribution in [3.8, 4) is 0 Å². The normalized spacial score (nSPS) is 18.0. The van der Waals surface area contributed by atoms with Gasteiger partial charge >= 0.3 is 0 Å². The molecule has 1 fully saturated rings. The Labute approximate surface area is 134 Å². The highest BCUT2D eigenvalue weighted by molar-refractivity contribution is 7.09. The number of benzene rings is 1. The van der Waals surface area contributed by atoms with Crippen LogP contribution >= 0.6 is 11.3 Å². The Hall–Kier alpha value is -2.14. The molecular weight excluding hydrogens is 294 g/mol. The molecule has 0 radical (unpaired) electrons. The Morgan fingerprint density at radius 3 is 2.95 bits per heavy atom. The van der Waals surface area contributed by atoms with Gasteiger partial charge in [0.1, 0.15) is 0 Å². The molecule has 0 unspecified atom stereocenters. The molecule has 1 saturated heterocycles. The minimum atomic E-state index is 0.0583. The molecule has 0 saturated carbocycles. The molecule has 4 nitrogen and oxygen atoms in total. The van der Waals surface area contributed by atoms with Gasteiger partial charge in [0.25, 0.3) is 0 Å². The molecular formula is C17H19N3OS. The molecule has 1 aliphatic rings. The number of nitrogens with zero attached hydrogens (tertiary/aromatic N) is 2. The van der Waals surface area contributed by atoms with Gasteiger partial charge in [0, 0.05) is 36.3 Å². The summed E-state index contributed by atoms with van der Waals surface area (Å²) in [5.74, 6) is 0.0583. The smallest absolute Gasteiger partial charge is 0.246 e. The summed E-state index contributed by atoms with van der Waals surface area (Å²) in [5, 5.41) is 6.45. The fourth-order valence-corrected chi connectivity index (χ4v) is 3.15. The number of aryl methyl sites for hydroxylation is 1. The number of anilines is 1. The van der Waals surface area contributed by atoms with Crippen molar-refractivity contribution < 1.29 is 4.79 Å². The zero-order valence-corrected chi connectivity index (χ0v) is 13.3. The average Bonchev–Trinajstić information content (AvgIpc) is 3.15. The van der Waals surface area contributed by atoms with Crippen LogP contribution in [0.25, 0.3) is 6.08 Å². The molecule has 1 aromatic carbocycles. The Morgan fingerprint density at radius 1 is 1.41 bits per heavy atom. The molecule has 2 heterocycles. The molecule has 1 amide bonds. The minimum absolute atomic E-state index is 0.0583. The van der Waals surface area contributed by atoms with Crippen LogP contribution in [0.3, 0.4) is 0 Å². The lowest BCUT2D eigenvalue weighted by Gasteiger charge is -2.16. The number of thiazole rings is 1.